The van der Waals surface area contributed by atoms with E-state index in [1.807, 2.05) is 10.6 Å². The fraction of sp³-hybridized carbons (Fsp3) is 0.545. The van der Waals surface area contributed by atoms with E-state index in [1.54, 1.807) is 6.07 Å². The summed E-state index contributed by atoms with van der Waals surface area (Å²) in [6.07, 6.45) is 4.37. The number of nitrogens with zero attached hydrogens (tertiary/aromatic N) is 1. The maximum absolute atomic E-state index is 11.8. The Hall–Kier alpha value is -1.25. The summed E-state index contributed by atoms with van der Waals surface area (Å²) in [5.74, 6) is 0. The minimum Gasteiger partial charge on any atom is -0.394 e. The lowest BCUT2D eigenvalue weighted by Gasteiger charge is -2.30. The largest absolute Gasteiger partial charge is 0.394 e. The smallest absolute Gasteiger partial charge is 0.274 e. The third-order valence-electron chi connectivity index (χ3n) is 3.03. The van der Waals surface area contributed by atoms with Gasteiger partial charge in [0.05, 0.1) is 5.69 Å². The SMILES string of the molecule is CCc1ccc(N)c(=O)n1C1CCC1. The lowest BCUT2D eigenvalue weighted by molar-refractivity contribution is 0.300. The first-order valence-electron chi connectivity index (χ1n) is 5.24. The topological polar surface area (TPSA) is 48.0 Å². The van der Waals surface area contributed by atoms with Crippen LogP contribution in [0.25, 0.3) is 0 Å². The van der Waals surface area contributed by atoms with Crippen molar-refractivity contribution in [2.24, 2.45) is 0 Å². The van der Waals surface area contributed by atoms with Gasteiger partial charge < -0.3 is 10.3 Å². The number of hydrogen-bond donors (Lipinski definition) is 1. The van der Waals surface area contributed by atoms with Gasteiger partial charge in [-0.15, -0.1) is 0 Å². The Morgan fingerprint density at radius 2 is 2.21 bits per heavy atom. The molecule has 1 aliphatic rings. The van der Waals surface area contributed by atoms with Crippen molar-refractivity contribution in [3.8, 4) is 0 Å². The fourth-order valence-corrected chi connectivity index (χ4v) is 1.94. The first-order chi connectivity index (χ1) is 6.74. The zero-order chi connectivity index (χ0) is 10.1. The van der Waals surface area contributed by atoms with E-state index < -0.39 is 0 Å². The molecule has 1 aromatic heterocycles. The van der Waals surface area contributed by atoms with Crippen molar-refractivity contribution in [1.82, 2.24) is 4.57 Å². The van der Waals surface area contributed by atoms with E-state index in [9.17, 15) is 4.79 Å². The predicted octanol–water partition coefficient (Wildman–Crippen LogP) is 1.72. The summed E-state index contributed by atoms with van der Waals surface area (Å²) in [5.41, 5.74) is 7.10. The molecular formula is C11H16N2O. The van der Waals surface area contributed by atoms with Crippen LogP contribution >= 0.6 is 0 Å². The Morgan fingerprint density at radius 1 is 1.50 bits per heavy atom. The van der Waals surface area contributed by atoms with Crippen molar-refractivity contribution in [2.75, 3.05) is 5.73 Å². The van der Waals surface area contributed by atoms with Crippen LogP contribution in [0, 0.1) is 0 Å². The van der Waals surface area contributed by atoms with E-state index in [4.69, 9.17) is 5.73 Å². The second-order valence-electron chi connectivity index (χ2n) is 3.89. The Kier molecular flexibility index (Phi) is 2.32. The fourth-order valence-electron chi connectivity index (χ4n) is 1.94. The second kappa shape index (κ2) is 3.48. The van der Waals surface area contributed by atoms with Crippen LogP contribution in [0.2, 0.25) is 0 Å². The van der Waals surface area contributed by atoms with Crippen LogP contribution in [-0.4, -0.2) is 4.57 Å². The Bertz CT molecular complexity index is 391. The molecule has 0 unspecified atom stereocenters. The summed E-state index contributed by atoms with van der Waals surface area (Å²) < 4.78 is 1.89. The highest BCUT2D eigenvalue weighted by atomic mass is 16.1. The van der Waals surface area contributed by atoms with Crippen molar-refractivity contribution in [1.29, 1.82) is 0 Å². The van der Waals surface area contributed by atoms with Gasteiger partial charge in [-0.1, -0.05) is 6.92 Å². The summed E-state index contributed by atoms with van der Waals surface area (Å²) in [7, 11) is 0. The first-order valence-corrected chi connectivity index (χ1v) is 5.24. The number of nitrogens with two attached hydrogens (primary N) is 1. The van der Waals surface area contributed by atoms with Crippen LogP contribution in [0.3, 0.4) is 0 Å². The molecule has 2 N–H and O–H groups in total. The number of aromatic nitrogens is 1. The highest BCUT2D eigenvalue weighted by Crippen LogP contribution is 2.31. The third kappa shape index (κ3) is 1.33. The molecule has 0 saturated heterocycles. The first kappa shape index (κ1) is 9.31. The number of aryl methyl sites for hydroxylation is 1. The lowest BCUT2D eigenvalue weighted by Crippen LogP contribution is -2.32. The monoisotopic (exact) mass is 192 g/mol. The summed E-state index contributed by atoms with van der Waals surface area (Å²) in [6, 6.07) is 4.09. The average Bonchev–Trinajstić information content (AvgIpc) is 2.10. The molecule has 0 aromatic carbocycles. The molecule has 0 spiro atoms. The normalized spacial score (nSPS) is 16.6. The van der Waals surface area contributed by atoms with Crippen LogP contribution in [-0.2, 0) is 6.42 Å². The van der Waals surface area contributed by atoms with Crippen molar-refractivity contribution < 1.29 is 0 Å². The molecular weight excluding hydrogens is 176 g/mol. The number of anilines is 1. The molecule has 3 heteroatoms. The molecule has 1 heterocycles. The van der Waals surface area contributed by atoms with Crippen molar-refractivity contribution >= 4 is 5.69 Å². The van der Waals surface area contributed by atoms with E-state index in [0.29, 0.717) is 11.7 Å². The van der Waals surface area contributed by atoms with Crippen molar-refractivity contribution in [3.63, 3.8) is 0 Å². The van der Waals surface area contributed by atoms with E-state index in [0.717, 1.165) is 25.0 Å². The maximum Gasteiger partial charge on any atom is 0.274 e. The molecule has 14 heavy (non-hydrogen) atoms. The number of pyridine rings is 1. The minimum absolute atomic E-state index is 0.00551. The Balaban J connectivity index is 2.52. The summed E-state index contributed by atoms with van der Waals surface area (Å²) in [6.45, 7) is 2.07. The number of hydrogen-bond acceptors (Lipinski definition) is 2. The zero-order valence-electron chi connectivity index (χ0n) is 8.49. The molecule has 1 fully saturated rings. The molecule has 1 saturated carbocycles. The minimum atomic E-state index is -0.00551. The second-order valence-corrected chi connectivity index (χ2v) is 3.89. The number of rotatable bonds is 2. The third-order valence-corrected chi connectivity index (χ3v) is 3.03. The van der Waals surface area contributed by atoms with Gasteiger partial charge in [0.2, 0.25) is 0 Å². The Morgan fingerprint density at radius 3 is 2.71 bits per heavy atom. The van der Waals surface area contributed by atoms with Crippen LogP contribution in [0.1, 0.15) is 37.9 Å². The van der Waals surface area contributed by atoms with Crippen LogP contribution in [0.15, 0.2) is 16.9 Å². The van der Waals surface area contributed by atoms with Gasteiger partial charge in [-0.05, 0) is 37.8 Å². The average molecular weight is 192 g/mol. The van der Waals surface area contributed by atoms with E-state index in [2.05, 4.69) is 6.92 Å². The van der Waals surface area contributed by atoms with Crippen LogP contribution in [0.5, 0.6) is 0 Å². The molecule has 76 valence electrons. The van der Waals surface area contributed by atoms with Gasteiger partial charge in [0, 0.05) is 11.7 Å². The van der Waals surface area contributed by atoms with Crippen LogP contribution in [0.4, 0.5) is 5.69 Å². The summed E-state index contributed by atoms with van der Waals surface area (Å²) >= 11 is 0. The van der Waals surface area contributed by atoms with E-state index in [1.165, 1.54) is 6.42 Å². The summed E-state index contributed by atoms with van der Waals surface area (Å²) in [5, 5.41) is 0. The highest BCUT2D eigenvalue weighted by Gasteiger charge is 2.22. The van der Waals surface area contributed by atoms with E-state index >= 15 is 0 Å². The highest BCUT2D eigenvalue weighted by molar-refractivity contribution is 5.36. The van der Waals surface area contributed by atoms with Gasteiger partial charge in [0.1, 0.15) is 0 Å². The molecule has 0 radical (unpaired) electrons. The molecule has 1 aromatic rings. The molecule has 0 amide bonds. The van der Waals surface area contributed by atoms with Gasteiger partial charge >= 0.3 is 0 Å². The molecule has 2 rings (SSSR count). The molecule has 1 aliphatic carbocycles. The summed E-state index contributed by atoms with van der Waals surface area (Å²) in [4.78, 5) is 11.8. The molecule has 0 aliphatic heterocycles. The van der Waals surface area contributed by atoms with Crippen LogP contribution < -0.4 is 11.3 Å². The molecule has 0 atom stereocenters. The van der Waals surface area contributed by atoms with Crippen molar-refractivity contribution in [2.45, 2.75) is 38.6 Å². The molecule has 0 bridgehead atoms. The molecule has 3 nitrogen and oxygen atoms in total. The maximum atomic E-state index is 11.8. The van der Waals surface area contributed by atoms with Gasteiger partial charge in [-0.25, -0.2) is 0 Å². The lowest BCUT2D eigenvalue weighted by atomic mass is 9.92. The van der Waals surface area contributed by atoms with Gasteiger partial charge in [-0.2, -0.15) is 0 Å². The van der Waals surface area contributed by atoms with Gasteiger partial charge in [0.15, 0.2) is 0 Å². The zero-order valence-corrected chi connectivity index (χ0v) is 8.49. The van der Waals surface area contributed by atoms with Gasteiger partial charge in [-0.3, -0.25) is 4.79 Å². The quantitative estimate of drug-likeness (QED) is 0.775. The number of nitrogen functional groups attached to an aromatic ring is 1. The van der Waals surface area contributed by atoms with Crippen molar-refractivity contribution in [3.05, 3.63) is 28.2 Å². The predicted molar refractivity (Wildman–Crippen MR) is 57.4 cm³/mol. The van der Waals surface area contributed by atoms with Gasteiger partial charge in [0.25, 0.3) is 5.56 Å². The Labute approximate surface area is 83.5 Å². The standard InChI is InChI=1S/C11H16N2O/c1-2-8-6-7-10(12)11(14)13(8)9-4-3-5-9/h6-7,9H,2-5,12H2,1H3. The van der Waals surface area contributed by atoms with E-state index in [-0.39, 0.29) is 5.56 Å².